The number of carbonyl (C=O) groups excluding carboxylic acids is 2. The number of rotatable bonds is 4. The fourth-order valence-corrected chi connectivity index (χ4v) is 2.91. The van der Waals surface area contributed by atoms with Gasteiger partial charge in [-0.25, -0.2) is 5.43 Å². The zero-order chi connectivity index (χ0) is 19.5. The van der Waals surface area contributed by atoms with E-state index in [-0.39, 0.29) is 11.7 Å². The van der Waals surface area contributed by atoms with Gasteiger partial charge < -0.3 is 9.15 Å². The van der Waals surface area contributed by atoms with Crippen molar-refractivity contribution in [3.05, 3.63) is 78.1 Å². The highest BCUT2D eigenvalue weighted by molar-refractivity contribution is 6.08. The lowest BCUT2D eigenvalue weighted by atomic mass is 10.1. The van der Waals surface area contributed by atoms with Gasteiger partial charge in [-0.1, -0.05) is 30.3 Å². The van der Waals surface area contributed by atoms with Crippen molar-refractivity contribution in [2.75, 3.05) is 0 Å². The third kappa shape index (κ3) is 3.61. The van der Waals surface area contributed by atoms with Crippen LogP contribution in [0.25, 0.3) is 21.7 Å². The summed E-state index contributed by atoms with van der Waals surface area (Å²) in [7, 11) is 0. The molecule has 0 atom stereocenters. The Morgan fingerprint density at radius 2 is 1.79 bits per heavy atom. The second-order valence-electron chi connectivity index (χ2n) is 6.17. The van der Waals surface area contributed by atoms with Gasteiger partial charge in [-0.05, 0) is 52.7 Å². The molecule has 0 saturated carbocycles. The molecule has 6 nitrogen and oxygen atoms in total. The lowest BCUT2D eigenvalue weighted by Crippen LogP contribution is -2.16. The Morgan fingerprint density at radius 1 is 1.00 bits per heavy atom. The summed E-state index contributed by atoms with van der Waals surface area (Å²) in [6.45, 7) is 1.34. The summed E-state index contributed by atoms with van der Waals surface area (Å²) in [5.74, 6) is -0.183. The lowest BCUT2D eigenvalue weighted by Gasteiger charge is -2.00. The number of benzene rings is 3. The van der Waals surface area contributed by atoms with Gasteiger partial charge in [0.1, 0.15) is 11.3 Å². The van der Waals surface area contributed by atoms with Crippen molar-refractivity contribution < 1.29 is 18.7 Å². The van der Waals surface area contributed by atoms with E-state index in [1.807, 2.05) is 36.4 Å². The lowest BCUT2D eigenvalue weighted by molar-refractivity contribution is -0.131. The number of hydrogen-bond donors (Lipinski definition) is 1. The molecule has 0 spiro atoms. The third-order valence-corrected chi connectivity index (χ3v) is 4.17. The van der Waals surface area contributed by atoms with E-state index in [9.17, 15) is 9.59 Å². The van der Waals surface area contributed by atoms with Gasteiger partial charge in [0, 0.05) is 12.3 Å². The first-order valence-corrected chi connectivity index (χ1v) is 8.63. The second kappa shape index (κ2) is 7.36. The summed E-state index contributed by atoms with van der Waals surface area (Å²) in [4.78, 5) is 23.3. The number of fused-ring (bicyclic) bond motifs is 3. The molecule has 138 valence electrons. The average Bonchev–Trinajstić information content (AvgIpc) is 3.14. The Kier molecular flexibility index (Phi) is 4.60. The van der Waals surface area contributed by atoms with Gasteiger partial charge in [0.2, 0.25) is 0 Å². The molecule has 6 heteroatoms. The van der Waals surface area contributed by atoms with Crippen LogP contribution < -0.4 is 10.2 Å². The Hall–Kier alpha value is -3.93. The van der Waals surface area contributed by atoms with E-state index in [2.05, 4.69) is 10.5 Å². The molecule has 1 aromatic heterocycles. The molecule has 1 N–H and O–H groups in total. The topological polar surface area (TPSA) is 80.9 Å². The summed E-state index contributed by atoms with van der Waals surface area (Å²) in [5, 5.41) is 6.94. The highest BCUT2D eigenvalue weighted by Crippen LogP contribution is 2.28. The molecule has 0 unspecified atom stereocenters. The van der Waals surface area contributed by atoms with Crippen molar-refractivity contribution >= 4 is 39.8 Å². The van der Waals surface area contributed by atoms with Gasteiger partial charge >= 0.3 is 11.9 Å². The van der Waals surface area contributed by atoms with Crippen LogP contribution in [-0.2, 0) is 4.79 Å². The highest BCUT2D eigenvalue weighted by Gasteiger charge is 2.13. The molecule has 4 rings (SSSR count). The van der Waals surface area contributed by atoms with Crippen LogP contribution in [0, 0.1) is 0 Å². The van der Waals surface area contributed by atoms with Crippen LogP contribution in [0.3, 0.4) is 0 Å². The van der Waals surface area contributed by atoms with Crippen LogP contribution in [0.2, 0.25) is 0 Å². The molecule has 0 radical (unpaired) electrons. The number of carbonyl (C=O) groups is 2. The summed E-state index contributed by atoms with van der Waals surface area (Å²) in [5.41, 5.74) is 3.84. The minimum absolute atomic E-state index is 0.189. The van der Waals surface area contributed by atoms with E-state index in [1.165, 1.54) is 13.1 Å². The number of amides is 1. The number of nitrogens with one attached hydrogen (secondary N) is 1. The zero-order valence-corrected chi connectivity index (χ0v) is 15.0. The Balaban J connectivity index is 1.48. The molecule has 4 aromatic rings. The minimum Gasteiger partial charge on any atom is -0.451 e. The van der Waals surface area contributed by atoms with E-state index in [0.717, 1.165) is 21.7 Å². The predicted molar refractivity (Wildman–Crippen MR) is 107 cm³/mol. The molecule has 0 bridgehead atoms. The monoisotopic (exact) mass is 372 g/mol. The molecule has 3 aromatic carbocycles. The van der Waals surface area contributed by atoms with Crippen molar-refractivity contribution in [2.45, 2.75) is 6.92 Å². The molecular formula is C22H16N2O4. The van der Waals surface area contributed by atoms with Gasteiger partial charge in [0.05, 0.1) is 6.21 Å². The van der Waals surface area contributed by atoms with Crippen LogP contribution in [0.15, 0.2) is 76.2 Å². The maximum absolute atomic E-state index is 12.3. The standard InChI is InChI=1S/C22H16N2O4/c1-14(25)27-17-9-6-15(7-10-17)13-23-24-22(26)21-12-19-18-5-3-2-4-16(18)8-11-20(19)28-21/h2-13H,1H3,(H,24,26). The molecular weight excluding hydrogens is 356 g/mol. The van der Waals surface area contributed by atoms with Gasteiger partial charge in [0.15, 0.2) is 5.76 Å². The summed E-state index contributed by atoms with van der Waals surface area (Å²) < 4.78 is 10.6. The summed E-state index contributed by atoms with van der Waals surface area (Å²) in [6.07, 6.45) is 1.49. The highest BCUT2D eigenvalue weighted by atomic mass is 16.5. The third-order valence-electron chi connectivity index (χ3n) is 4.17. The van der Waals surface area contributed by atoms with E-state index < -0.39 is 5.91 Å². The minimum atomic E-state index is -0.437. The van der Waals surface area contributed by atoms with Gasteiger partial charge in [0.25, 0.3) is 0 Å². The molecule has 0 fully saturated rings. The fraction of sp³-hybridized carbons (Fsp3) is 0.0455. The van der Waals surface area contributed by atoms with Crippen LogP contribution in [0.5, 0.6) is 5.75 Å². The summed E-state index contributed by atoms with van der Waals surface area (Å²) in [6, 6.07) is 20.2. The normalized spacial score (nSPS) is 11.2. The second-order valence-corrected chi connectivity index (χ2v) is 6.17. The molecule has 0 aliphatic heterocycles. The van der Waals surface area contributed by atoms with Crippen molar-refractivity contribution in [1.82, 2.24) is 5.43 Å². The molecule has 0 saturated heterocycles. The molecule has 28 heavy (non-hydrogen) atoms. The van der Waals surface area contributed by atoms with Gasteiger partial charge in [-0.3, -0.25) is 9.59 Å². The van der Waals surface area contributed by atoms with Crippen molar-refractivity contribution in [3.63, 3.8) is 0 Å². The van der Waals surface area contributed by atoms with Gasteiger partial charge in [-0.15, -0.1) is 0 Å². The van der Waals surface area contributed by atoms with E-state index in [1.54, 1.807) is 30.3 Å². The smallest absolute Gasteiger partial charge is 0.308 e. The first-order valence-electron chi connectivity index (χ1n) is 8.63. The zero-order valence-electron chi connectivity index (χ0n) is 15.0. The number of ether oxygens (including phenoxy) is 1. The van der Waals surface area contributed by atoms with E-state index in [4.69, 9.17) is 9.15 Å². The van der Waals surface area contributed by atoms with Crippen molar-refractivity contribution in [2.24, 2.45) is 5.10 Å². The van der Waals surface area contributed by atoms with Gasteiger partial charge in [-0.2, -0.15) is 5.10 Å². The van der Waals surface area contributed by atoms with Crippen LogP contribution >= 0.6 is 0 Å². The SMILES string of the molecule is CC(=O)Oc1ccc(C=NNC(=O)c2cc3c(ccc4ccccc43)o2)cc1. The van der Waals surface area contributed by atoms with Crippen LogP contribution in [0.1, 0.15) is 23.0 Å². The Morgan fingerprint density at radius 3 is 2.57 bits per heavy atom. The Bertz CT molecular complexity index is 1210. The molecule has 1 heterocycles. The van der Waals surface area contributed by atoms with Crippen molar-refractivity contribution in [3.8, 4) is 5.75 Å². The van der Waals surface area contributed by atoms with E-state index in [0.29, 0.717) is 11.3 Å². The first kappa shape index (κ1) is 17.5. The van der Waals surface area contributed by atoms with Crippen LogP contribution in [0.4, 0.5) is 0 Å². The number of hydrazone groups is 1. The summed E-state index contributed by atoms with van der Waals surface area (Å²) >= 11 is 0. The maximum atomic E-state index is 12.3. The number of hydrogen-bond acceptors (Lipinski definition) is 5. The maximum Gasteiger partial charge on any atom is 0.308 e. The average molecular weight is 372 g/mol. The number of esters is 1. The molecule has 0 aliphatic carbocycles. The van der Waals surface area contributed by atoms with E-state index >= 15 is 0 Å². The largest absolute Gasteiger partial charge is 0.451 e. The fourth-order valence-electron chi connectivity index (χ4n) is 2.91. The molecule has 1 amide bonds. The quantitative estimate of drug-likeness (QED) is 0.251. The Labute approximate surface area is 160 Å². The number of furan rings is 1. The van der Waals surface area contributed by atoms with Crippen LogP contribution in [-0.4, -0.2) is 18.1 Å². The number of nitrogens with zero attached hydrogens (tertiary/aromatic N) is 1. The first-order chi connectivity index (χ1) is 13.6. The molecule has 0 aliphatic rings. The predicted octanol–water partition coefficient (Wildman–Crippen LogP) is 4.28. The van der Waals surface area contributed by atoms with Crippen molar-refractivity contribution in [1.29, 1.82) is 0 Å².